The van der Waals surface area contributed by atoms with Crippen LogP contribution in [0.3, 0.4) is 0 Å². The number of piperazine rings is 1. The van der Waals surface area contributed by atoms with Gasteiger partial charge in [-0.2, -0.15) is 0 Å². The highest BCUT2D eigenvalue weighted by molar-refractivity contribution is 4.87. The van der Waals surface area contributed by atoms with E-state index in [9.17, 15) is 0 Å². The van der Waals surface area contributed by atoms with E-state index >= 15 is 0 Å². The minimum Gasteiger partial charge on any atom is -0.371 e. The van der Waals surface area contributed by atoms with Crippen LogP contribution in [-0.4, -0.2) is 56.1 Å². The van der Waals surface area contributed by atoms with Crippen molar-refractivity contribution in [3.63, 3.8) is 0 Å². The summed E-state index contributed by atoms with van der Waals surface area (Å²) >= 11 is 0. The molecule has 0 aromatic heterocycles. The highest BCUT2D eigenvalue weighted by atomic mass is 16.6. The molecule has 0 aromatic rings. The van der Waals surface area contributed by atoms with Crippen LogP contribution in [0, 0.1) is 0 Å². The third kappa shape index (κ3) is 3.01. The van der Waals surface area contributed by atoms with Gasteiger partial charge < -0.3 is 14.8 Å². The first kappa shape index (κ1) is 11.1. The van der Waals surface area contributed by atoms with E-state index in [1.807, 2.05) is 6.08 Å². The van der Waals surface area contributed by atoms with Crippen LogP contribution in [0.2, 0.25) is 0 Å². The zero-order chi connectivity index (χ0) is 10.7. The first-order valence-corrected chi connectivity index (χ1v) is 5.63. The SMILES string of the molecule is C=CC(OCC1CO1)N1CCNCC1C. The van der Waals surface area contributed by atoms with Crippen molar-refractivity contribution in [3.8, 4) is 0 Å². The molecule has 1 N–H and O–H groups in total. The molecule has 3 unspecified atom stereocenters. The molecule has 2 heterocycles. The number of hydrogen-bond acceptors (Lipinski definition) is 4. The van der Waals surface area contributed by atoms with E-state index in [2.05, 4.69) is 23.7 Å². The molecule has 2 aliphatic heterocycles. The van der Waals surface area contributed by atoms with Crippen LogP contribution in [0.5, 0.6) is 0 Å². The van der Waals surface area contributed by atoms with Crippen molar-refractivity contribution in [2.24, 2.45) is 0 Å². The number of hydrogen-bond donors (Lipinski definition) is 1. The van der Waals surface area contributed by atoms with Crippen LogP contribution < -0.4 is 5.32 Å². The maximum absolute atomic E-state index is 5.78. The largest absolute Gasteiger partial charge is 0.371 e. The maximum atomic E-state index is 5.78. The zero-order valence-electron chi connectivity index (χ0n) is 9.32. The van der Waals surface area contributed by atoms with Crippen LogP contribution in [0.15, 0.2) is 12.7 Å². The second-order valence-corrected chi connectivity index (χ2v) is 4.21. The maximum Gasteiger partial charge on any atom is 0.129 e. The predicted octanol–water partition coefficient (Wildman–Crippen LogP) is 0.208. The van der Waals surface area contributed by atoms with Gasteiger partial charge in [-0.05, 0) is 13.0 Å². The summed E-state index contributed by atoms with van der Waals surface area (Å²) < 4.78 is 10.9. The quantitative estimate of drug-likeness (QED) is 0.522. The number of ether oxygens (including phenoxy) is 2. The van der Waals surface area contributed by atoms with Crippen molar-refractivity contribution in [2.45, 2.75) is 25.3 Å². The lowest BCUT2D eigenvalue weighted by Gasteiger charge is -2.38. The third-order valence-corrected chi connectivity index (χ3v) is 2.94. The van der Waals surface area contributed by atoms with Gasteiger partial charge in [-0.15, -0.1) is 0 Å². The smallest absolute Gasteiger partial charge is 0.129 e. The molecule has 3 atom stereocenters. The van der Waals surface area contributed by atoms with Crippen molar-refractivity contribution in [2.75, 3.05) is 32.8 Å². The second kappa shape index (κ2) is 5.07. The molecule has 2 fully saturated rings. The van der Waals surface area contributed by atoms with Gasteiger partial charge in [0.25, 0.3) is 0 Å². The molecule has 0 spiro atoms. The summed E-state index contributed by atoms with van der Waals surface area (Å²) in [4.78, 5) is 2.34. The lowest BCUT2D eigenvalue weighted by atomic mass is 10.2. The van der Waals surface area contributed by atoms with Crippen molar-refractivity contribution in [1.82, 2.24) is 10.2 Å². The van der Waals surface area contributed by atoms with E-state index in [4.69, 9.17) is 9.47 Å². The summed E-state index contributed by atoms with van der Waals surface area (Å²) in [5.41, 5.74) is 0. The average molecular weight is 212 g/mol. The highest BCUT2D eigenvalue weighted by Gasteiger charge is 2.28. The fourth-order valence-electron chi connectivity index (χ4n) is 1.90. The molecule has 2 rings (SSSR count). The van der Waals surface area contributed by atoms with Gasteiger partial charge in [0.1, 0.15) is 12.3 Å². The Morgan fingerprint density at radius 2 is 2.53 bits per heavy atom. The van der Waals surface area contributed by atoms with Gasteiger partial charge in [0.15, 0.2) is 0 Å². The molecule has 15 heavy (non-hydrogen) atoms. The van der Waals surface area contributed by atoms with Gasteiger partial charge in [-0.1, -0.05) is 6.58 Å². The van der Waals surface area contributed by atoms with E-state index in [1.165, 1.54) is 0 Å². The first-order chi connectivity index (χ1) is 7.31. The number of epoxide rings is 1. The number of rotatable bonds is 5. The molecule has 4 nitrogen and oxygen atoms in total. The minimum atomic E-state index is 0.0336. The fourth-order valence-corrected chi connectivity index (χ4v) is 1.90. The molecular formula is C11H20N2O2. The lowest BCUT2D eigenvalue weighted by Crippen LogP contribution is -2.54. The van der Waals surface area contributed by atoms with Gasteiger partial charge in [0, 0.05) is 25.7 Å². The van der Waals surface area contributed by atoms with Crippen molar-refractivity contribution in [1.29, 1.82) is 0 Å². The predicted molar refractivity (Wildman–Crippen MR) is 58.7 cm³/mol. The van der Waals surface area contributed by atoms with Gasteiger partial charge >= 0.3 is 0 Å². The third-order valence-electron chi connectivity index (χ3n) is 2.94. The number of nitrogens with one attached hydrogen (secondary N) is 1. The van der Waals surface area contributed by atoms with E-state index in [0.717, 1.165) is 26.2 Å². The van der Waals surface area contributed by atoms with Gasteiger partial charge in [-0.3, -0.25) is 4.90 Å². The van der Waals surface area contributed by atoms with E-state index in [-0.39, 0.29) is 6.23 Å². The molecule has 4 heteroatoms. The Morgan fingerprint density at radius 1 is 1.73 bits per heavy atom. The molecular weight excluding hydrogens is 192 g/mol. The zero-order valence-corrected chi connectivity index (χ0v) is 9.32. The van der Waals surface area contributed by atoms with Gasteiger partial charge in [-0.25, -0.2) is 0 Å². The Bertz CT molecular complexity index is 219. The molecule has 2 aliphatic rings. The molecule has 0 aliphatic carbocycles. The first-order valence-electron chi connectivity index (χ1n) is 5.63. The summed E-state index contributed by atoms with van der Waals surface area (Å²) in [6, 6.07) is 0.502. The Labute approximate surface area is 91.2 Å². The van der Waals surface area contributed by atoms with Gasteiger partial charge in [0.2, 0.25) is 0 Å². The van der Waals surface area contributed by atoms with Crippen LogP contribution in [0.4, 0.5) is 0 Å². The minimum absolute atomic E-state index is 0.0336. The normalized spacial score (nSPS) is 33.7. The summed E-state index contributed by atoms with van der Waals surface area (Å²) in [7, 11) is 0. The van der Waals surface area contributed by atoms with Crippen LogP contribution >= 0.6 is 0 Å². The monoisotopic (exact) mass is 212 g/mol. The van der Waals surface area contributed by atoms with Crippen molar-refractivity contribution in [3.05, 3.63) is 12.7 Å². The summed E-state index contributed by atoms with van der Waals surface area (Å²) in [5.74, 6) is 0. The second-order valence-electron chi connectivity index (χ2n) is 4.21. The molecule has 0 radical (unpaired) electrons. The topological polar surface area (TPSA) is 37.0 Å². The summed E-state index contributed by atoms with van der Waals surface area (Å²) in [6.45, 7) is 10.6. The Kier molecular flexibility index (Phi) is 3.75. The molecule has 0 amide bonds. The summed E-state index contributed by atoms with van der Waals surface area (Å²) in [5, 5.41) is 3.36. The molecule has 2 saturated heterocycles. The standard InChI is InChI=1S/C11H20N2O2/c1-3-11(15-8-10-7-14-10)13-5-4-12-6-9(13)2/h3,9-12H,1,4-8H2,2H3. The van der Waals surface area contributed by atoms with Crippen LogP contribution in [0.25, 0.3) is 0 Å². The van der Waals surface area contributed by atoms with Crippen LogP contribution in [0.1, 0.15) is 6.92 Å². The van der Waals surface area contributed by atoms with Crippen LogP contribution in [-0.2, 0) is 9.47 Å². The molecule has 86 valence electrons. The molecule has 0 saturated carbocycles. The van der Waals surface area contributed by atoms with E-state index in [0.29, 0.717) is 18.8 Å². The van der Waals surface area contributed by atoms with Crippen molar-refractivity contribution < 1.29 is 9.47 Å². The van der Waals surface area contributed by atoms with E-state index < -0.39 is 0 Å². The fraction of sp³-hybridized carbons (Fsp3) is 0.818. The average Bonchev–Trinajstić information content (AvgIpc) is 3.05. The Morgan fingerprint density at radius 3 is 3.13 bits per heavy atom. The van der Waals surface area contributed by atoms with Gasteiger partial charge in [0.05, 0.1) is 13.2 Å². The lowest BCUT2D eigenvalue weighted by molar-refractivity contribution is -0.0565. The molecule has 0 aromatic carbocycles. The van der Waals surface area contributed by atoms with Crippen molar-refractivity contribution >= 4 is 0 Å². The summed E-state index contributed by atoms with van der Waals surface area (Å²) in [6.07, 6.45) is 2.24. The Hall–Kier alpha value is -0.420. The Balaban J connectivity index is 1.82. The highest BCUT2D eigenvalue weighted by Crippen LogP contribution is 2.14. The number of nitrogens with zero attached hydrogens (tertiary/aromatic N) is 1. The molecule has 0 bridgehead atoms. The van der Waals surface area contributed by atoms with E-state index in [1.54, 1.807) is 0 Å².